The fourth-order valence-electron chi connectivity index (χ4n) is 4.28. The van der Waals surface area contributed by atoms with Crippen LogP contribution in [0.2, 0.25) is 0 Å². The van der Waals surface area contributed by atoms with Gasteiger partial charge in [0.2, 0.25) is 0 Å². The molecule has 0 bridgehead atoms. The van der Waals surface area contributed by atoms with E-state index in [-0.39, 0.29) is 23.4 Å². The molecule has 0 saturated carbocycles. The van der Waals surface area contributed by atoms with Crippen LogP contribution >= 0.6 is 0 Å². The summed E-state index contributed by atoms with van der Waals surface area (Å²) in [5.41, 5.74) is 2.41. The number of hydrogen-bond acceptors (Lipinski definition) is 2. The summed E-state index contributed by atoms with van der Waals surface area (Å²) in [5, 5.41) is 12.8. The van der Waals surface area contributed by atoms with Crippen molar-refractivity contribution >= 4 is 11.7 Å². The van der Waals surface area contributed by atoms with Crippen molar-refractivity contribution in [2.75, 3.05) is 5.32 Å². The molecule has 0 aromatic heterocycles. The molecule has 4 rings (SSSR count). The molecule has 1 heterocycles. The third kappa shape index (κ3) is 2.89. The van der Waals surface area contributed by atoms with E-state index in [2.05, 4.69) is 11.4 Å². The lowest BCUT2D eigenvalue weighted by Crippen LogP contribution is -2.30. The SMILES string of the molecule is Cc1c(C(=O)O)ccc2c1N[C@H](c1cccc(C(F)(F)F)c1)[C@@H]1CC=C[C@@H]21. The van der Waals surface area contributed by atoms with Gasteiger partial charge in [0.15, 0.2) is 0 Å². The minimum atomic E-state index is -4.40. The summed E-state index contributed by atoms with van der Waals surface area (Å²) in [7, 11) is 0. The first-order valence-electron chi connectivity index (χ1n) is 8.74. The van der Waals surface area contributed by atoms with Crippen molar-refractivity contribution in [3.05, 3.63) is 76.4 Å². The number of carbonyl (C=O) groups is 1. The normalized spacial score (nSPS) is 23.5. The highest BCUT2D eigenvalue weighted by Crippen LogP contribution is 2.51. The van der Waals surface area contributed by atoms with Gasteiger partial charge in [0.1, 0.15) is 0 Å². The molecule has 0 spiro atoms. The fourth-order valence-corrected chi connectivity index (χ4v) is 4.28. The van der Waals surface area contributed by atoms with Crippen molar-refractivity contribution < 1.29 is 23.1 Å². The predicted octanol–water partition coefficient (Wildman–Crippen LogP) is 5.54. The third-order valence-electron chi connectivity index (χ3n) is 5.60. The van der Waals surface area contributed by atoms with E-state index < -0.39 is 17.7 Å². The second-order valence-electron chi connectivity index (χ2n) is 7.11. The molecule has 3 nitrogen and oxygen atoms in total. The maximum Gasteiger partial charge on any atom is 0.416 e. The molecule has 0 radical (unpaired) electrons. The number of hydrogen-bond donors (Lipinski definition) is 2. The summed E-state index contributed by atoms with van der Waals surface area (Å²) in [6.45, 7) is 1.73. The van der Waals surface area contributed by atoms with Gasteiger partial charge in [-0.05, 0) is 54.2 Å². The number of aromatic carboxylic acids is 1. The molecule has 140 valence electrons. The number of benzene rings is 2. The van der Waals surface area contributed by atoms with E-state index in [9.17, 15) is 23.1 Å². The van der Waals surface area contributed by atoms with E-state index >= 15 is 0 Å². The number of alkyl halides is 3. The van der Waals surface area contributed by atoms with Crippen LogP contribution in [0.15, 0.2) is 48.6 Å². The molecule has 0 fully saturated rings. The van der Waals surface area contributed by atoms with Gasteiger partial charge in [0.25, 0.3) is 0 Å². The average Bonchev–Trinajstić information content (AvgIpc) is 3.10. The number of halogens is 3. The minimum absolute atomic E-state index is 0.0577. The van der Waals surface area contributed by atoms with E-state index in [1.165, 1.54) is 12.1 Å². The molecular weight excluding hydrogens is 355 g/mol. The van der Waals surface area contributed by atoms with Crippen molar-refractivity contribution in [2.24, 2.45) is 5.92 Å². The molecule has 2 N–H and O–H groups in total. The van der Waals surface area contributed by atoms with Gasteiger partial charge in [-0.25, -0.2) is 4.79 Å². The lowest BCUT2D eigenvalue weighted by Gasteiger charge is -2.38. The monoisotopic (exact) mass is 373 g/mol. The Kier molecular flexibility index (Phi) is 4.02. The second kappa shape index (κ2) is 6.15. The summed E-state index contributed by atoms with van der Waals surface area (Å²) in [6.07, 6.45) is 0.484. The number of carboxylic acids is 1. The Balaban J connectivity index is 1.82. The van der Waals surface area contributed by atoms with Gasteiger partial charge >= 0.3 is 12.1 Å². The van der Waals surface area contributed by atoms with E-state index in [0.29, 0.717) is 16.8 Å². The number of nitrogens with one attached hydrogen (secondary N) is 1. The third-order valence-corrected chi connectivity index (χ3v) is 5.60. The first-order chi connectivity index (χ1) is 12.8. The van der Waals surface area contributed by atoms with Gasteiger partial charge in [0, 0.05) is 11.6 Å². The summed E-state index contributed by atoms with van der Waals surface area (Å²) >= 11 is 0. The van der Waals surface area contributed by atoms with E-state index in [0.717, 1.165) is 18.1 Å². The molecule has 2 aromatic carbocycles. The van der Waals surface area contributed by atoms with Crippen LogP contribution in [0.4, 0.5) is 18.9 Å². The number of rotatable bonds is 2. The van der Waals surface area contributed by atoms with Crippen LogP contribution in [-0.2, 0) is 6.18 Å². The molecule has 0 saturated heterocycles. The van der Waals surface area contributed by atoms with E-state index in [1.807, 2.05) is 12.1 Å². The van der Waals surface area contributed by atoms with Crippen molar-refractivity contribution in [3.63, 3.8) is 0 Å². The number of carboxylic acid groups (broad SMARTS) is 1. The van der Waals surface area contributed by atoms with Crippen LogP contribution in [-0.4, -0.2) is 11.1 Å². The molecule has 0 amide bonds. The second-order valence-corrected chi connectivity index (χ2v) is 7.11. The lowest BCUT2D eigenvalue weighted by atomic mass is 9.75. The molecule has 2 aromatic rings. The van der Waals surface area contributed by atoms with Crippen LogP contribution in [0.5, 0.6) is 0 Å². The molecule has 0 unspecified atom stereocenters. The fraction of sp³-hybridized carbons (Fsp3) is 0.286. The summed E-state index contributed by atoms with van der Waals surface area (Å²) < 4.78 is 39.4. The van der Waals surface area contributed by atoms with Gasteiger partial charge in [-0.3, -0.25) is 0 Å². The number of anilines is 1. The Bertz CT molecular complexity index is 949. The molecule has 2 aliphatic rings. The summed E-state index contributed by atoms with van der Waals surface area (Å²) in [4.78, 5) is 11.5. The highest BCUT2D eigenvalue weighted by Gasteiger charge is 2.40. The average molecular weight is 373 g/mol. The highest BCUT2D eigenvalue weighted by molar-refractivity contribution is 5.92. The van der Waals surface area contributed by atoms with Gasteiger partial charge in [-0.15, -0.1) is 0 Å². The molecule has 1 aliphatic heterocycles. The number of fused-ring (bicyclic) bond motifs is 3. The minimum Gasteiger partial charge on any atom is -0.478 e. The first kappa shape index (κ1) is 17.6. The highest BCUT2D eigenvalue weighted by atomic mass is 19.4. The molecular formula is C21H18F3NO2. The predicted molar refractivity (Wildman–Crippen MR) is 95.9 cm³/mol. The zero-order chi connectivity index (χ0) is 19.3. The van der Waals surface area contributed by atoms with E-state index in [4.69, 9.17) is 0 Å². The van der Waals surface area contributed by atoms with Crippen molar-refractivity contribution in [1.82, 2.24) is 0 Å². The van der Waals surface area contributed by atoms with Gasteiger partial charge in [-0.1, -0.05) is 30.4 Å². The Labute approximate surface area is 154 Å². The van der Waals surface area contributed by atoms with Crippen molar-refractivity contribution in [3.8, 4) is 0 Å². The molecule has 6 heteroatoms. The van der Waals surface area contributed by atoms with Crippen molar-refractivity contribution in [1.29, 1.82) is 0 Å². The van der Waals surface area contributed by atoms with Crippen LogP contribution in [0, 0.1) is 12.8 Å². The van der Waals surface area contributed by atoms with Crippen LogP contribution in [0.25, 0.3) is 0 Å². The maximum absolute atomic E-state index is 13.1. The smallest absolute Gasteiger partial charge is 0.416 e. The van der Waals surface area contributed by atoms with Gasteiger partial charge < -0.3 is 10.4 Å². The molecule has 3 atom stereocenters. The van der Waals surface area contributed by atoms with E-state index in [1.54, 1.807) is 19.1 Å². The number of allylic oxidation sites excluding steroid dienone is 2. The zero-order valence-corrected chi connectivity index (χ0v) is 14.5. The largest absolute Gasteiger partial charge is 0.478 e. The standard InChI is InChI=1S/C21H18F3NO2/c1-11-14(20(26)27)8-9-17-15-6-3-7-16(15)19(25-18(11)17)12-4-2-5-13(10-12)21(22,23)24/h2-6,8-10,15-16,19,25H,7H2,1H3,(H,26,27)/t15-,16-,19-/m1/s1. The van der Waals surface area contributed by atoms with Crippen LogP contribution in [0.3, 0.4) is 0 Å². The van der Waals surface area contributed by atoms with Gasteiger partial charge in [0.05, 0.1) is 17.2 Å². The summed E-state index contributed by atoms with van der Waals surface area (Å²) in [6, 6.07) is 8.48. The van der Waals surface area contributed by atoms with Crippen molar-refractivity contribution in [2.45, 2.75) is 31.5 Å². The molecule has 1 aliphatic carbocycles. The maximum atomic E-state index is 13.1. The Morgan fingerprint density at radius 2 is 2.00 bits per heavy atom. The Morgan fingerprint density at radius 3 is 2.70 bits per heavy atom. The summed E-state index contributed by atoms with van der Waals surface area (Å²) in [5.74, 6) is -0.866. The quantitative estimate of drug-likeness (QED) is 0.680. The van der Waals surface area contributed by atoms with Crippen LogP contribution < -0.4 is 5.32 Å². The zero-order valence-electron chi connectivity index (χ0n) is 14.5. The Morgan fingerprint density at radius 1 is 1.22 bits per heavy atom. The first-order valence-corrected chi connectivity index (χ1v) is 8.74. The lowest BCUT2D eigenvalue weighted by molar-refractivity contribution is -0.137. The van der Waals surface area contributed by atoms with Gasteiger partial charge in [-0.2, -0.15) is 13.2 Å². The topological polar surface area (TPSA) is 49.3 Å². The molecule has 27 heavy (non-hydrogen) atoms. The Hall–Kier alpha value is -2.76. The van der Waals surface area contributed by atoms with Crippen LogP contribution in [0.1, 0.15) is 51.0 Å².